The molecule has 0 aromatic heterocycles. The van der Waals surface area contributed by atoms with Crippen LogP contribution in [-0.4, -0.2) is 37.7 Å². The molecule has 0 unspecified atom stereocenters. The molecule has 8 nitrogen and oxygen atoms in total. The summed E-state index contributed by atoms with van der Waals surface area (Å²) < 4.78 is 9.95. The summed E-state index contributed by atoms with van der Waals surface area (Å²) in [6, 6.07) is 7.75. The van der Waals surface area contributed by atoms with E-state index < -0.39 is 31.1 Å². The van der Waals surface area contributed by atoms with E-state index in [1.807, 2.05) is 6.07 Å². The maximum Gasteiger partial charge on any atom is 0.344 e. The number of ether oxygens (including phenoxy) is 2. The van der Waals surface area contributed by atoms with E-state index in [0.717, 1.165) is 19.3 Å². The maximum atomic E-state index is 11.7. The molecule has 0 radical (unpaired) electrons. The van der Waals surface area contributed by atoms with Crippen molar-refractivity contribution in [3.05, 3.63) is 41.5 Å². The fourth-order valence-electron chi connectivity index (χ4n) is 2.68. The minimum atomic E-state index is -0.785. The van der Waals surface area contributed by atoms with Crippen LogP contribution in [0.1, 0.15) is 37.7 Å². The molecular formula is C20H23N3O5. The van der Waals surface area contributed by atoms with E-state index in [9.17, 15) is 14.4 Å². The SMILES string of the molecule is N#Cc1ccccc1OCC(=O)OCC(=O)NC(=O)NCCC1=CCCCC1. The Balaban J connectivity index is 1.60. The molecule has 1 aliphatic rings. The van der Waals surface area contributed by atoms with Gasteiger partial charge in [-0.1, -0.05) is 23.8 Å². The monoisotopic (exact) mass is 385 g/mol. The minimum Gasteiger partial charge on any atom is -0.481 e. The number of hydrogen-bond donors (Lipinski definition) is 2. The van der Waals surface area contributed by atoms with Crippen LogP contribution in [0, 0.1) is 11.3 Å². The van der Waals surface area contributed by atoms with Gasteiger partial charge in [0.1, 0.15) is 11.8 Å². The van der Waals surface area contributed by atoms with Crippen molar-refractivity contribution in [2.24, 2.45) is 0 Å². The van der Waals surface area contributed by atoms with E-state index in [0.29, 0.717) is 6.54 Å². The summed E-state index contributed by atoms with van der Waals surface area (Å²) in [5, 5.41) is 13.6. The van der Waals surface area contributed by atoms with Gasteiger partial charge in [0.25, 0.3) is 5.91 Å². The van der Waals surface area contributed by atoms with Gasteiger partial charge in [0.2, 0.25) is 0 Å². The molecule has 28 heavy (non-hydrogen) atoms. The number of nitriles is 1. The lowest BCUT2D eigenvalue weighted by Gasteiger charge is -2.13. The first-order valence-corrected chi connectivity index (χ1v) is 9.11. The molecule has 1 aliphatic carbocycles. The first kappa shape index (κ1) is 21.0. The first-order chi connectivity index (χ1) is 13.6. The third-order valence-electron chi connectivity index (χ3n) is 4.09. The van der Waals surface area contributed by atoms with Crippen LogP contribution in [0.2, 0.25) is 0 Å². The van der Waals surface area contributed by atoms with Crippen LogP contribution in [0.3, 0.4) is 0 Å². The lowest BCUT2D eigenvalue weighted by atomic mass is 9.97. The van der Waals surface area contributed by atoms with Gasteiger partial charge in [-0.2, -0.15) is 5.26 Å². The molecule has 0 saturated heterocycles. The Morgan fingerprint density at radius 2 is 1.96 bits per heavy atom. The van der Waals surface area contributed by atoms with E-state index in [-0.39, 0.29) is 11.3 Å². The van der Waals surface area contributed by atoms with E-state index >= 15 is 0 Å². The normalized spacial score (nSPS) is 12.9. The molecule has 0 atom stereocenters. The summed E-state index contributed by atoms with van der Waals surface area (Å²) in [7, 11) is 0. The van der Waals surface area contributed by atoms with Gasteiger partial charge in [-0.25, -0.2) is 9.59 Å². The molecule has 1 aromatic carbocycles. The van der Waals surface area contributed by atoms with Crippen LogP contribution in [0.4, 0.5) is 4.79 Å². The van der Waals surface area contributed by atoms with Crippen molar-refractivity contribution in [1.82, 2.24) is 10.6 Å². The van der Waals surface area contributed by atoms with Gasteiger partial charge in [-0.05, 0) is 44.2 Å². The standard InChI is InChI=1S/C20H23N3O5/c21-12-16-8-4-5-9-17(16)27-14-19(25)28-13-18(24)23-20(26)22-11-10-15-6-2-1-3-7-15/h4-6,8-9H,1-3,7,10-11,13-14H2,(H2,22,23,24,26). The van der Waals surface area contributed by atoms with Crippen molar-refractivity contribution >= 4 is 17.9 Å². The number of carbonyl (C=O) groups is 3. The number of carbonyl (C=O) groups excluding carboxylic acids is 3. The Bertz CT molecular complexity index is 782. The number of nitrogens with zero attached hydrogens (tertiary/aromatic N) is 1. The second kappa shape index (κ2) is 11.4. The highest BCUT2D eigenvalue weighted by Gasteiger charge is 2.12. The second-order valence-electron chi connectivity index (χ2n) is 6.22. The number of amides is 3. The molecule has 0 saturated carbocycles. The number of esters is 1. The molecule has 0 aliphatic heterocycles. The van der Waals surface area contributed by atoms with Crippen LogP contribution in [-0.2, 0) is 14.3 Å². The van der Waals surface area contributed by atoms with E-state index in [2.05, 4.69) is 16.7 Å². The summed E-state index contributed by atoms with van der Waals surface area (Å²) >= 11 is 0. The molecule has 0 heterocycles. The zero-order valence-corrected chi connectivity index (χ0v) is 15.5. The third-order valence-corrected chi connectivity index (χ3v) is 4.09. The Hall–Kier alpha value is -3.34. The van der Waals surface area contributed by atoms with Crippen molar-refractivity contribution in [3.8, 4) is 11.8 Å². The van der Waals surface area contributed by atoms with Gasteiger partial charge in [-0.15, -0.1) is 0 Å². The Labute approximate surface area is 163 Å². The number of urea groups is 1. The average molecular weight is 385 g/mol. The smallest absolute Gasteiger partial charge is 0.344 e. The van der Waals surface area contributed by atoms with Gasteiger partial charge in [-0.3, -0.25) is 10.1 Å². The number of imide groups is 1. The first-order valence-electron chi connectivity index (χ1n) is 9.11. The Morgan fingerprint density at radius 1 is 1.14 bits per heavy atom. The number of rotatable bonds is 8. The topological polar surface area (TPSA) is 118 Å². The van der Waals surface area contributed by atoms with Gasteiger partial charge in [0, 0.05) is 6.54 Å². The minimum absolute atomic E-state index is 0.249. The highest BCUT2D eigenvalue weighted by atomic mass is 16.6. The summed E-state index contributed by atoms with van der Waals surface area (Å²) in [5.41, 5.74) is 1.61. The fourth-order valence-corrected chi connectivity index (χ4v) is 2.68. The molecule has 1 aromatic rings. The number of benzene rings is 1. The molecule has 8 heteroatoms. The molecule has 0 spiro atoms. The van der Waals surface area contributed by atoms with Crippen molar-refractivity contribution < 1.29 is 23.9 Å². The number of para-hydroxylation sites is 1. The third kappa shape index (κ3) is 7.50. The Morgan fingerprint density at radius 3 is 2.71 bits per heavy atom. The predicted octanol–water partition coefficient (Wildman–Crippen LogP) is 2.20. The summed E-state index contributed by atoms with van der Waals surface area (Å²) in [6.07, 6.45) is 7.48. The summed E-state index contributed by atoms with van der Waals surface area (Å²) in [4.78, 5) is 35.0. The van der Waals surface area contributed by atoms with Crippen LogP contribution < -0.4 is 15.4 Å². The van der Waals surface area contributed by atoms with Gasteiger partial charge < -0.3 is 14.8 Å². The second-order valence-corrected chi connectivity index (χ2v) is 6.22. The average Bonchev–Trinajstić information content (AvgIpc) is 2.71. The molecule has 3 amide bonds. The molecule has 0 fully saturated rings. The molecule has 148 valence electrons. The van der Waals surface area contributed by atoms with E-state index in [1.54, 1.807) is 24.3 Å². The van der Waals surface area contributed by atoms with Crippen LogP contribution in [0.25, 0.3) is 0 Å². The quantitative estimate of drug-likeness (QED) is 0.523. The van der Waals surface area contributed by atoms with Crippen molar-refractivity contribution in [2.75, 3.05) is 19.8 Å². The molecule has 2 N–H and O–H groups in total. The van der Waals surface area contributed by atoms with E-state index in [4.69, 9.17) is 14.7 Å². The lowest BCUT2D eigenvalue weighted by Crippen LogP contribution is -2.42. The summed E-state index contributed by atoms with van der Waals surface area (Å²) in [5.74, 6) is -1.27. The highest BCUT2D eigenvalue weighted by molar-refractivity contribution is 5.95. The van der Waals surface area contributed by atoms with E-state index in [1.165, 1.54) is 18.4 Å². The zero-order chi connectivity index (χ0) is 20.2. The van der Waals surface area contributed by atoms with Crippen molar-refractivity contribution in [1.29, 1.82) is 5.26 Å². The molecule has 2 rings (SSSR count). The van der Waals surface area contributed by atoms with Crippen molar-refractivity contribution in [2.45, 2.75) is 32.1 Å². The number of allylic oxidation sites excluding steroid dienone is 1. The van der Waals surface area contributed by atoms with Crippen LogP contribution in [0.15, 0.2) is 35.9 Å². The Kier molecular flexibility index (Phi) is 8.53. The molecular weight excluding hydrogens is 362 g/mol. The van der Waals surface area contributed by atoms with Gasteiger partial charge in [0.15, 0.2) is 13.2 Å². The van der Waals surface area contributed by atoms with Crippen LogP contribution >= 0.6 is 0 Å². The fraction of sp³-hybridized carbons (Fsp3) is 0.400. The number of nitrogens with one attached hydrogen (secondary N) is 2. The lowest BCUT2D eigenvalue weighted by molar-refractivity contribution is -0.150. The molecule has 0 bridgehead atoms. The van der Waals surface area contributed by atoms with Gasteiger partial charge >= 0.3 is 12.0 Å². The summed E-state index contributed by atoms with van der Waals surface area (Å²) in [6.45, 7) is -0.606. The van der Waals surface area contributed by atoms with Crippen LogP contribution in [0.5, 0.6) is 5.75 Å². The van der Waals surface area contributed by atoms with Crippen molar-refractivity contribution in [3.63, 3.8) is 0 Å². The van der Waals surface area contributed by atoms with Gasteiger partial charge in [0.05, 0.1) is 5.56 Å². The largest absolute Gasteiger partial charge is 0.481 e. The highest BCUT2D eigenvalue weighted by Crippen LogP contribution is 2.19. The zero-order valence-electron chi connectivity index (χ0n) is 15.5. The predicted molar refractivity (Wildman–Crippen MR) is 100 cm³/mol. The number of hydrogen-bond acceptors (Lipinski definition) is 6. The maximum absolute atomic E-state index is 11.7.